The SMILES string of the molecule is Cc1ccnc(C(O)Cc2ccc(OC(F)(F)F)cc2)c1. The zero-order valence-corrected chi connectivity index (χ0v) is 11.3. The molecule has 6 heteroatoms. The highest BCUT2D eigenvalue weighted by Gasteiger charge is 2.30. The predicted molar refractivity (Wildman–Crippen MR) is 70.8 cm³/mol. The minimum absolute atomic E-state index is 0.267. The summed E-state index contributed by atoms with van der Waals surface area (Å²) in [5.41, 5.74) is 2.21. The summed E-state index contributed by atoms with van der Waals surface area (Å²) in [6.07, 6.45) is -3.64. The Morgan fingerprint density at radius 1 is 1.19 bits per heavy atom. The summed E-state index contributed by atoms with van der Waals surface area (Å²) in [6.45, 7) is 1.89. The summed E-state index contributed by atoms with van der Waals surface area (Å²) in [7, 11) is 0. The van der Waals surface area contributed by atoms with Crippen molar-refractivity contribution in [2.24, 2.45) is 0 Å². The van der Waals surface area contributed by atoms with Gasteiger partial charge in [0.1, 0.15) is 5.75 Å². The van der Waals surface area contributed by atoms with Crippen molar-refractivity contribution in [2.75, 3.05) is 0 Å². The van der Waals surface area contributed by atoms with Crippen molar-refractivity contribution in [3.05, 3.63) is 59.4 Å². The molecule has 0 aliphatic carbocycles. The molecule has 0 spiro atoms. The van der Waals surface area contributed by atoms with Gasteiger partial charge in [-0.2, -0.15) is 0 Å². The zero-order valence-electron chi connectivity index (χ0n) is 11.3. The van der Waals surface area contributed by atoms with E-state index < -0.39 is 12.5 Å². The molecular formula is C15H14F3NO2. The normalized spacial score (nSPS) is 13.0. The third-order valence-electron chi connectivity index (χ3n) is 2.86. The lowest BCUT2D eigenvalue weighted by Gasteiger charge is -2.12. The van der Waals surface area contributed by atoms with Gasteiger partial charge in [-0.25, -0.2) is 0 Å². The van der Waals surface area contributed by atoms with Gasteiger partial charge < -0.3 is 9.84 Å². The maximum atomic E-state index is 12.0. The number of pyridine rings is 1. The van der Waals surface area contributed by atoms with Crippen LogP contribution in [0, 0.1) is 6.92 Å². The largest absolute Gasteiger partial charge is 0.573 e. The second-order valence-electron chi connectivity index (χ2n) is 4.67. The van der Waals surface area contributed by atoms with Gasteiger partial charge in [-0.15, -0.1) is 13.2 Å². The van der Waals surface area contributed by atoms with E-state index in [0.717, 1.165) is 5.56 Å². The summed E-state index contributed by atoms with van der Waals surface area (Å²) < 4.78 is 39.9. The number of halogens is 3. The van der Waals surface area contributed by atoms with Crippen LogP contribution in [-0.4, -0.2) is 16.5 Å². The first-order valence-electron chi connectivity index (χ1n) is 6.29. The maximum absolute atomic E-state index is 12.0. The number of hydrogen-bond acceptors (Lipinski definition) is 3. The van der Waals surface area contributed by atoms with Crippen molar-refractivity contribution in [3.63, 3.8) is 0 Å². The number of nitrogens with zero attached hydrogens (tertiary/aromatic N) is 1. The molecule has 1 atom stereocenters. The van der Waals surface area contributed by atoms with Crippen LogP contribution in [0.4, 0.5) is 13.2 Å². The molecule has 0 aliphatic rings. The van der Waals surface area contributed by atoms with Crippen LogP contribution in [0.3, 0.4) is 0 Å². The highest BCUT2D eigenvalue weighted by Crippen LogP contribution is 2.24. The topological polar surface area (TPSA) is 42.4 Å². The fourth-order valence-electron chi connectivity index (χ4n) is 1.90. The van der Waals surface area contributed by atoms with Gasteiger partial charge in [-0.1, -0.05) is 12.1 Å². The third-order valence-corrected chi connectivity index (χ3v) is 2.86. The molecule has 2 rings (SSSR count). The Morgan fingerprint density at radius 2 is 1.86 bits per heavy atom. The van der Waals surface area contributed by atoms with Gasteiger partial charge in [0.05, 0.1) is 11.8 Å². The fourth-order valence-corrected chi connectivity index (χ4v) is 1.90. The Morgan fingerprint density at radius 3 is 2.43 bits per heavy atom. The zero-order chi connectivity index (χ0) is 15.5. The average Bonchev–Trinajstić information content (AvgIpc) is 2.39. The second-order valence-corrected chi connectivity index (χ2v) is 4.67. The predicted octanol–water partition coefficient (Wildman–Crippen LogP) is 3.56. The van der Waals surface area contributed by atoms with E-state index in [1.807, 2.05) is 13.0 Å². The molecule has 1 N–H and O–H groups in total. The van der Waals surface area contributed by atoms with Crippen molar-refractivity contribution in [2.45, 2.75) is 25.8 Å². The minimum atomic E-state index is -4.70. The van der Waals surface area contributed by atoms with Gasteiger partial charge in [0.2, 0.25) is 0 Å². The average molecular weight is 297 g/mol. The van der Waals surface area contributed by atoms with E-state index in [1.54, 1.807) is 12.3 Å². The number of rotatable bonds is 4. The molecule has 1 heterocycles. The van der Waals surface area contributed by atoms with Crippen molar-refractivity contribution in [1.29, 1.82) is 0 Å². The van der Waals surface area contributed by atoms with Crippen molar-refractivity contribution < 1.29 is 23.0 Å². The molecular weight excluding hydrogens is 283 g/mol. The summed E-state index contributed by atoms with van der Waals surface area (Å²) in [5.74, 6) is -0.283. The van der Waals surface area contributed by atoms with Crippen LogP contribution in [-0.2, 0) is 6.42 Å². The summed E-state index contributed by atoms with van der Waals surface area (Å²) >= 11 is 0. The number of aryl methyl sites for hydroxylation is 1. The van der Waals surface area contributed by atoms with E-state index in [-0.39, 0.29) is 12.2 Å². The van der Waals surface area contributed by atoms with E-state index in [0.29, 0.717) is 11.3 Å². The molecule has 0 amide bonds. The standard InChI is InChI=1S/C15H14F3NO2/c1-10-6-7-19-13(8-10)14(20)9-11-2-4-12(5-3-11)21-15(16,17)18/h2-8,14,20H,9H2,1H3. The molecule has 21 heavy (non-hydrogen) atoms. The summed E-state index contributed by atoms with van der Waals surface area (Å²) in [4.78, 5) is 4.08. The quantitative estimate of drug-likeness (QED) is 0.938. The molecule has 0 radical (unpaired) electrons. The molecule has 112 valence electrons. The van der Waals surface area contributed by atoms with Crippen LogP contribution in [0.5, 0.6) is 5.75 Å². The molecule has 1 aromatic heterocycles. The van der Waals surface area contributed by atoms with E-state index in [1.165, 1.54) is 24.3 Å². The number of alkyl halides is 3. The number of aromatic nitrogens is 1. The Bertz CT molecular complexity index is 597. The molecule has 0 bridgehead atoms. The van der Waals surface area contributed by atoms with Crippen molar-refractivity contribution >= 4 is 0 Å². The van der Waals surface area contributed by atoms with Crippen LogP contribution < -0.4 is 4.74 Å². The van der Waals surface area contributed by atoms with Gasteiger partial charge in [-0.05, 0) is 42.3 Å². The maximum Gasteiger partial charge on any atom is 0.573 e. The van der Waals surface area contributed by atoms with Gasteiger partial charge in [0, 0.05) is 12.6 Å². The summed E-state index contributed by atoms with van der Waals surface area (Å²) in [6, 6.07) is 9.00. The van der Waals surface area contributed by atoms with Crippen LogP contribution >= 0.6 is 0 Å². The number of aliphatic hydroxyl groups excluding tert-OH is 1. The Labute approximate surface area is 120 Å². The van der Waals surface area contributed by atoms with Crippen LogP contribution in [0.25, 0.3) is 0 Å². The molecule has 1 unspecified atom stereocenters. The van der Waals surface area contributed by atoms with Crippen LogP contribution in [0.15, 0.2) is 42.6 Å². The van der Waals surface area contributed by atoms with E-state index in [9.17, 15) is 18.3 Å². The van der Waals surface area contributed by atoms with Gasteiger partial charge in [0.15, 0.2) is 0 Å². The van der Waals surface area contributed by atoms with Gasteiger partial charge in [0.25, 0.3) is 0 Å². The van der Waals surface area contributed by atoms with Gasteiger partial charge in [-0.3, -0.25) is 4.98 Å². The molecule has 0 fully saturated rings. The minimum Gasteiger partial charge on any atom is -0.406 e. The fraction of sp³-hybridized carbons (Fsp3) is 0.267. The number of aliphatic hydroxyl groups is 1. The van der Waals surface area contributed by atoms with Crippen molar-refractivity contribution in [3.8, 4) is 5.75 Å². The van der Waals surface area contributed by atoms with E-state index >= 15 is 0 Å². The van der Waals surface area contributed by atoms with Crippen LogP contribution in [0.1, 0.15) is 22.9 Å². The highest BCUT2D eigenvalue weighted by molar-refractivity contribution is 5.28. The van der Waals surface area contributed by atoms with Crippen LogP contribution in [0.2, 0.25) is 0 Å². The molecule has 0 saturated heterocycles. The second kappa shape index (κ2) is 6.13. The molecule has 3 nitrogen and oxygen atoms in total. The Balaban J connectivity index is 2.03. The number of hydrogen-bond donors (Lipinski definition) is 1. The van der Waals surface area contributed by atoms with E-state index in [2.05, 4.69) is 9.72 Å². The van der Waals surface area contributed by atoms with Gasteiger partial charge >= 0.3 is 6.36 Å². The summed E-state index contributed by atoms with van der Waals surface area (Å²) in [5, 5.41) is 10.1. The molecule has 2 aromatic rings. The number of ether oxygens (including phenoxy) is 1. The first kappa shape index (κ1) is 15.3. The highest BCUT2D eigenvalue weighted by atomic mass is 19.4. The molecule has 0 saturated carbocycles. The lowest BCUT2D eigenvalue weighted by molar-refractivity contribution is -0.274. The first-order valence-corrected chi connectivity index (χ1v) is 6.29. The molecule has 0 aliphatic heterocycles. The Hall–Kier alpha value is -2.08. The molecule has 1 aromatic carbocycles. The number of benzene rings is 1. The lowest BCUT2D eigenvalue weighted by Crippen LogP contribution is -2.17. The monoisotopic (exact) mass is 297 g/mol. The third kappa shape index (κ3) is 4.75. The first-order chi connectivity index (χ1) is 9.83. The Kier molecular flexibility index (Phi) is 4.47. The smallest absolute Gasteiger partial charge is 0.406 e. The lowest BCUT2D eigenvalue weighted by atomic mass is 10.0. The van der Waals surface area contributed by atoms with E-state index in [4.69, 9.17) is 0 Å². The van der Waals surface area contributed by atoms with Crippen molar-refractivity contribution in [1.82, 2.24) is 4.98 Å².